The minimum Gasteiger partial charge on any atom is -0.324 e. The van der Waals surface area contributed by atoms with Crippen LogP contribution in [0.2, 0.25) is 0 Å². The van der Waals surface area contributed by atoms with E-state index in [1.54, 1.807) is 0 Å². The summed E-state index contributed by atoms with van der Waals surface area (Å²) in [5.41, 5.74) is 14.0. The average molecular weight is 1170 g/mol. The van der Waals surface area contributed by atoms with Gasteiger partial charge in [-0.1, -0.05) is 255 Å². The van der Waals surface area contributed by atoms with Gasteiger partial charge in [0.15, 0.2) is 0 Å². The first-order chi connectivity index (χ1) is 40.4. The lowest BCUT2D eigenvalue weighted by molar-refractivity contribution is 0.571. The van der Waals surface area contributed by atoms with Gasteiger partial charge < -0.3 is 18.3 Å². The van der Waals surface area contributed by atoms with Crippen molar-refractivity contribution in [3.05, 3.63) is 322 Å². The van der Waals surface area contributed by atoms with E-state index >= 15 is 4.57 Å². The lowest BCUT2D eigenvalue weighted by Gasteiger charge is -2.21. The topological polar surface area (TPSA) is 68.3 Å². The van der Waals surface area contributed by atoms with Crippen molar-refractivity contribution in [3.63, 3.8) is 0 Å². The van der Waals surface area contributed by atoms with Crippen LogP contribution in [0.25, 0.3) is 0 Å². The van der Waals surface area contributed by atoms with Crippen molar-refractivity contribution >= 4 is 28.6 Å². The maximum Gasteiger partial charge on any atom is 0.100 e. The molecule has 0 unspecified atom stereocenters. The van der Waals surface area contributed by atoms with Gasteiger partial charge in [0.25, 0.3) is 0 Å². The average Bonchev–Trinajstić information content (AvgIpc) is 3.64. The first-order valence-corrected chi connectivity index (χ1v) is 39.2. The molecule has 0 aromatic heterocycles. The molecule has 9 aromatic rings. The Morgan fingerprint density at radius 2 is 0.289 bits per heavy atom. The van der Waals surface area contributed by atoms with Gasteiger partial charge in [-0.2, -0.15) is 0 Å². The summed E-state index contributed by atoms with van der Waals surface area (Å²) < 4.78 is 60.1. The van der Waals surface area contributed by atoms with Crippen LogP contribution in [0.3, 0.4) is 0 Å². The maximum atomic E-state index is 15.8. The molecule has 428 valence electrons. The van der Waals surface area contributed by atoms with E-state index in [1.165, 1.54) is 33.4 Å². The zero-order valence-corrected chi connectivity index (χ0v) is 52.1. The van der Waals surface area contributed by atoms with Crippen LogP contribution in [-0.4, -0.2) is 55.5 Å². The highest BCUT2D eigenvalue weighted by Crippen LogP contribution is 2.56. The largest absolute Gasteiger partial charge is 0.324 e. The van der Waals surface area contributed by atoms with Gasteiger partial charge in [0, 0.05) is 73.9 Å². The summed E-state index contributed by atoms with van der Waals surface area (Å²) in [7, 11) is -10.4. The minimum atomic E-state index is -2.92. The monoisotopic (exact) mass is 1170 g/mol. The van der Waals surface area contributed by atoms with Crippen LogP contribution in [-0.2, 0) is 94.5 Å². The van der Waals surface area contributed by atoms with Crippen LogP contribution < -0.4 is 0 Å². The molecule has 0 bridgehead atoms. The Kier molecular flexibility index (Phi) is 23.1. The Hall–Kier alpha value is -6.10. The van der Waals surface area contributed by atoms with E-state index < -0.39 is 28.6 Å². The van der Waals surface area contributed by atoms with E-state index in [2.05, 4.69) is 218 Å². The second-order valence-electron chi connectivity index (χ2n) is 23.3. The molecule has 0 aliphatic rings. The predicted octanol–water partition coefficient (Wildman–Crippen LogP) is 19.1. The number of benzene rings is 9. The van der Waals surface area contributed by atoms with Crippen LogP contribution >= 0.6 is 28.6 Å². The van der Waals surface area contributed by atoms with E-state index in [9.17, 15) is 13.7 Å². The Morgan fingerprint density at radius 3 is 0.446 bits per heavy atom. The minimum absolute atomic E-state index is 0.460. The first-order valence-electron chi connectivity index (χ1n) is 30.2. The van der Waals surface area contributed by atoms with Gasteiger partial charge in [-0.05, 0) is 125 Å². The second kappa shape index (κ2) is 31.2. The zero-order valence-electron chi connectivity index (χ0n) is 48.5. The molecule has 9 rings (SSSR count). The van der Waals surface area contributed by atoms with Gasteiger partial charge in [-0.3, -0.25) is 0 Å². The van der Waals surface area contributed by atoms with Crippen molar-refractivity contribution in [1.29, 1.82) is 0 Å². The molecular formula is C75H84O4P4. The van der Waals surface area contributed by atoms with Crippen molar-refractivity contribution in [3.8, 4) is 0 Å². The van der Waals surface area contributed by atoms with Crippen molar-refractivity contribution in [2.24, 2.45) is 0 Å². The highest BCUT2D eigenvalue weighted by atomic mass is 31.2. The first kappa shape index (κ1) is 61.5. The van der Waals surface area contributed by atoms with E-state index in [0.717, 1.165) is 91.2 Å². The van der Waals surface area contributed by atoms with Crippen LogP contribution in [0.1, 0.15) is 66.8 Å². The third kappa shape index (κ3) is 20.9. The van der Waals surface area contributed by atoms with E-state index in [4.69, 9.17) is 0 Å². The zero-order chi connectivity index (χ0) is 57.5. The number of hydrogen-bond donors (Lipinski definition) is 0. The fourth-order valence-electron chi connectivity index (χ4n) is 11.5. The molecular weight excluding hydrogens is 1090 g/mol. The molecule has 4 nitrogen and oxygen atoms in total. The highest BCUT2D eigenvalue weighted by Gasteiger charge is 2.27. The van der Waals surface area contributed by atoms with Crippen molar-refractivity contribution in [1.82, 2.24) is 0 Å². The molecule has 0 N–H and O–H groups in total. The molecule has 0 spiro atoms. The van der Waals surface area contributed by atoms with Crippen molar-refractivity contribution in [2.45, 2.75) is 76.3 Å². The van der Waals surface area contributed by atoms with Crippen LogP contribution in [0.4, 0.5) is 0 Å². The molecule has 8 heteroatoms. The van der Waals surface area contributed by atoms with Crippen molar-refractivity contribution < 1.29 is 18.3 Å². The van der Waals surface area contributed by atoms with Crippen LogP contribution in [0, 0.1) is 0 Å². The van der Waals surface area contributed by atoms with E-state index in [1.807, 2.05) is 36.4 Å². The highest BCUT2D eigenvalue weighted by molar-refractivity contribution is 7.64. The molecule has 0 atom stereocenters. The quantitative estimate of drug-likeness (QED) is 0.0385. The second-order valence-corrected chi connectivity index (χ2v) is 36.8. The Balaban J connectivity index is 0.891. The molecule has 83 heavy (non-hydrogen) atoms. The summed E-state index contributed by atoms with van der Waals surface area (Å²) in [6, 6.07) is 88.5. The van der Waals surface area contributed by atoms with Crippen LogP contribution in [0.5, 0.6) is 0 Å². The lowest BCUT2D eigenvalue weighted by atomic mass is 10.1. The fraction of sp³-hybridized carbons (Fsp3) is 0.280. The molecule has 0 saturated heterocycles. The van der Waals surface area contributed by atoms with E-state index in [0.29, 0.717) is 73.9 Å². The van der Waals surface area contributed by atoms with Gasteiger partial charge in [0.1, 0.15) is 7.14 Å². The van der Waals surface area contributed by atoms with Crippen molar-refractivity contribution in [2.75, 3.05) is 55.5 Å². The summed E-state index contributed by atoms with van der Waals surface area (Å²) in [5, 5.41) is 0. The van der Waals surface area contributed by atoms with Gasteiger partial charge >= 0.3 is 0 Å². The third-order valence-corrected chi connectivity index (χ3v) is 29.0. The molecule has 0 aliphatic heterocycles. The number of aryl methyl sites for hydroxylation is 9. The van der Waals surface area contributed by atoms with Gasteiger partial charge in [-0.15, -0.1) is 0 Å². The Bertz CT molecular complexity index is 3000. The molecule has 9 aromatic carbocycles. The summed E-state index contributed by atoms with van der Waals surface area (Å²) in [6.45, 7) is 0. The molecule has 0 fully saturated rings. The standard InChI is InChI=1S/C75H84O4P4/c76-80(52-43-64-19-7-1-8-20-64,53-44-65-21-9-2-10-22-65)58-49-70-31-37-73(38-32-70)61-83(79,62-74-39-33-71(34-40-74)50-59-81(77,54-45-66-23-11-3-12-24-66)55-46-67-25-13-4-14-26-67)63-75-41-35-72(36-42-75)51-60-82(78,56-47-68-27-15-5-16-28-68)57-48-69-29-17-6-18-30-69/h1-42H,43-63H2. The maximum absolute atomic E-state index is 15.8. The molecule has 0 aliphatic carbocycles. The normalized spacial score (nSPS) is 12.1. The predicted molar refractivity (Wildman–Crippen MR) is 357 cm³/mol. The molecule has 0 radical (unpaired) electrons. The summed E-state index contributed by atoms with van der Waals surface area (Å²) in [6.07, 6.45) is 14.6. The summed E-state index contributed by atoms with van der Waals surface area (Å²) >= 11 is 0. The smallest absolute Gasteiger partial charge is 0.100 e. The summed E-state index contributed by atoms with van der Waals surface area (Å²) in [5.74, 6) is 0. The van der Waals surface area contributed by atoms with Gasteiger partial charge in [0.05, 0.1) is 21.4 Å². The lowest BCUT2D eigenvalue weighted by Crippen LogP contribution is -2.07. The SMILES string of the molecule is O=P(CCc1ccccc1)(CCc1ccccc1)CCc1ccc(CP(=O)(Cc2ccc(CCP(=O)(CCc3ccccc3)CCc3ccccc3)cc2)Cc2ccc(CCP(=O)(CCc3ccccc3)CCc3ccccc3)cc2)cc1. The molecule has 0 heterocycles. The van der Waals surface area contributed by atoms with E-state index in [-0.39, 0.29) is 0 Å². The van der Waals surface area contributed by atoms with Crippen LogP contribution in [0.15, 0.2) is 255 Å². The third-order valence-electron chi connectivity index (χ3n) is 16.8. The van der Waals surface area contributed by atoms with Gasteiger partial charge in [-0.25, -0.2) is 0 Å². The molecule has 0 amide bonds. The Labute approximate surface area is 497 Å². The molecule has 0 saturated carbocycles. The number of hydrogen-bond acceptors (Lipinski definition) is 4. The fourth-order valence-corrected chi connectivity index (χ4v) is 22.4. The summed E-state index contributed by atoms with van der Waals surface area (Å²) in [4.78, 5) is 0. The number of rotatable bonds is 33. The van der Waals surface area contributed by atoms with Gasteiger partial charge in [0.2, 0.25) is 0 Å². The Morgan fingerprint density at radius 1 is 0.157 bits per heavy atom.